The summed E-state index contributed by atoms with van der Waals surface area (Å²) in [6.07, 6.45) is 1.67. The van der Waals surface area contributed by atoms with Crippen LogP contribution in [0.15, 0.2) is 34.8 Å². The number of rotatable bonds is 6. The van der Waals surface area contributed by atoms with Gasteiger partial charge in [0.1, 0.15) is 5.52 Å². The number of thioether (sulfide) groups is 1. The Labute approximate surface area is 180 Å². The Balaban J connectivity index is 1.95. The van der Waals surface area contributed by atoms with Crippen LogP contribution in [0.25, 0.3) is 15.8 Å². The predicted molar refractivity (Wildman–Crippen MR) is 114 cm³/mol. The van der Waals surface area contributed by atoms with Gasteiger partial charge in [0.05, 0.1) is 17.4 Å². The summed E-state index contributed by atoms with van der Waals surface area (Å²) in [6.45, 7) is 1.18. The summed E-state index contributed by atoms with van der Waals surface area (Å²) in [5.41, 5.74) is 1.34. The molecule has 30 heavy (non-hydrogen) atoms. The Morgan fingerprint density at radius 1 is 1.20 bits per heavy atom. The van der Waals surface area contributed by atoms with Crippen LogP contribution in [0.5, 0.6) is 0 Å². The normalized spacial score (nSPS) is 11.8. The Kier molecular flexibility index (Phi) is 6.72. The molecule has 0 spiro atoms. The lowest BCUT2D eigenvalue weighted by Gasteiger charge is -2.14. The number of ether oxygens (including phenoxy) is 1. The van der Waals surface area contributed by atoms with Crippen LogP contribution in [0.2, 0.25) is 0 Å². The summed E-state index contributed by atoms with van der Waals surface area (Å²) in [6, 6.07) is 7.30. The summed E-state index contributed by atoms with van der Waals surface area (Å²) >= 11 is 2.16. The van der Waals surface area contributed by atoms with Crippen molar-refractivity contribution >= 4 is 44.9 Å². The molecule has 3 rings (SSSR count). The average Bonchev–Trinajstić information content (AvgIpc) is 3.17. The van der Waals surface area contributed by atoms with Crippen LogP contribution in [0.4, 0.5) is 13.2 Å². The van der Waals surface area contributed by atoms with Crippen LogP contribution < -0.4 is 0 Å². The zero-order valence-corrected chi connectivity index (χ0v) is 18.4. The van der Waals surface area contributed by atoms with Gasteiger partial charge in [-0.05, 0) is 18.1 Å². The van der Waals surface area contributed by atoms with Gasteiger partial charge in [-0.25, -0.2) is 22.9 Å². The lowest BCUT2D eigenvalue weighted by atomic mass is 10.0. The molecule has 0 aliphatic rings. The molecular weight excluding hydrogens is 433 g/mol. The van der Waals surface area contributed by atoms with Crippen molar-refractivity contribution in [1.82, 2.24) is 9.88 Å². The maximum Gasteiger partial charge on any atom is 0.339 e. The van der Waals surface area contributed by atoms with Crippen LogP contribution in [-0.4, -0.2) is 37.1 Å². The molecular formula is C21H19F3N2O2S2. The fraction of sp³-hybridized carbons (Fsp3) is 0.238. The highest BCUT2D eigenvalue weighted by Crippen LogP contribution is 2.37. The first-order valence-electron chi connectivity index (χ1n) is 8.85. The number of hydrogen-bond acceptors (Lipinski definition) is 6. The fourth-order valence-electron chi connectivity index (χ4n) is 2.85. The van der Waals surface area contributed by atoms with Crippen molar-refractivity contribution in [3.05, 3.63) is 64.6 Å². The molecule has 1 heterocycles. The Morgan fingerprint density at radius 3 is 2.57 bits per heavy atom. The van der Waals surface area contributed by atoms with E-state index in [9.17, 15) is 18.0 Å². The average molecular weight is 453 g/mol. The van der Waals surface area contributed by atoms with Gasteiger partial charge in [-0.1, -0.05) is 36.0 Å². The number of fused-ring (bicyclic) bond motifs is 1. The van der Waals surface area contributed by atoms with Crippen molar-refractivity contribution in [2.24, 2.45) is 0 Å². The molecule has 2 aromatic carbocycles. The van der Waals surface area contributed by atoms with Crippen molar-refractivity contribution in [3.63, 3.8) is 0 Å². The number of thiazole rings is 1. The molecule has 0 bridgehead atoms. The third kappa shape index (κ3) is 4.32. The first kappa shape index (κ1) is 22.2. The third-order valence-corrected chi connectivity index (χ3v) is 6.56. The minimum atomic E-state index is -1.19. The number of esters is 1. The number of aromatic nitrogens is 1. The number of methoxy groups -OCH3 is 1. The molecule has 0 N–H and O–H groups in total. The quantitative estimate of drug-likeness (QED) is 0.217. The van der Waals surface area contributed by atoms with Gasteiger partial charge >= 0.3 is 5.97 Å². The second-order valence-corrected chi connectivity index (χ2v) is 8.89. The molecule has 0 unspecified atom stereocenters. The summed E-state index contributed by atoms with van der Waals surface area (Å²) < 4.78 is 47.5. The highest BCUT2D eigenvalue weighted by molar-refractivity contribution is 8.00. The summed E-state index contributed by atoms with van der Waals surface area (Å²) in [5.74, 6) is -3.22. The molecule has 0 fully saturated rings. The number of nitrogens with zero attached hydrogens (tertiary/aromatic N) is 2. The minimum absolute atomic E-state index is 0.144. The first-order valence-corrected chi connectivity index (χ1v) is 10.7. The van der Waals surface area contributed by atoms with E-state index in [0.717, 1.165) is 16.9 Å². The van der Waals surface area contributed by atoms with Gasteiger partial charge in [0.25, 0.3) is 0 Å². The Hall–Kier alpha value is -2.52. The molecule has 0 radical (unpaired) electrons. The lowest BCUT2D eigenvalue weighted by Crippen LogP contribution is -2.11. The van der Waals surface area contributed by atoms with E-state index in [1.165, 1.54) is 25.8 Å². The lowest BCUT2D eigenvalue weighted by molar-refractivity contribution is -0.133. The molecule has 158 valence electrons. The number of hydrogen-bond donors (Lipinski definition) is 0. The van der Waals surface area contributed by atoms with Crippen LogP contribution in [-0.2, 0) is 15.3 Å². The molecule has 0 saturated heterocycles. The smallest absolute Gasteiger partial charge is 0.339 e. The summed E-state index contributed by atoms with van der Waals surface area (Å²) in [7, 11) is 4.91. The molecule has 0 saturated carbocycles. The van der Waals surface area contributed by atoms with E-state index >= 15 is 0 Å². The van der Waals surface area contributed by atoms with Crippen molar-refractivity contribution in [2.75, 3.05) is 21.2 Å². The zero-order valence-electron chi connectivity index (χ0n) is 16.8. The summed E-state index contributed by atoms with van der Waals surface area (Å²) in [5, 5.41) is 0. The van der Waals surface area contributed by atoms with Gasteiger partial charge in [0.2, 0.25) is 0 Å². The van der Waals surface area contributed by atoms with Crippen LogP contribution in [0.1, 0.15) is 16.7 Å². The SMILES string of the molecule is COC(=O)C(=CN(C)C)c1ccccc1CSc1nc2c(F)c(C)c(F)c(F)c2s1. The largest absolute Gasteiger partial charge is 0.465 e. The highest BCUT2D eigenvalue weighted by Gasteiger charge is 2.22. The van der Waals surface area contributed by atoms with E-state index in [1.54, 1.807) is 31.3 Å². The van der Waals surface area contributed by atoms with Crippen LogP contribution in [0, 0.1) is 24.4 Å². The van der Waals surface area contributed by atoms with E-state index in [4.69, 9.17) is 4.74 Å². The highest BCUT2D eigenvalue weighted by atomic mass is 32.2. The second kappa shape index (κ2) is 9.09. The topological polar surface area (TPSA) is 42.4 Å². The molecule has 9 heteroatoms. The van der Waals surface area contributed by atoms with Crippen molar-refractivity contribution < 1.29 is 22.7 Å². The van der Waals surface area contributed by atoms with E-state index in [-0.39, 0.29) is 15.8 Å². The van der Waals surface area contributed by atoms with E-state index < -0.39 is 23.4 Å². The van der Waals surface area contributed by atoms with Crippen molar-refractivity contribution in [3.8, 4) is 0 Å². The molecule has 1 aromatic heterocycles. The fourth-order valence-corrected chi connectivity index (χ4v) is 4.92. The monoisotopic (exact) mass is 452 g/mol. The second-order valence-electron chi connectivity index (χ2n) is 6.67. The molecule has 0 amide bonds. The van der Waals surface area contributed by atoms with Gasteiger partial charge in [-0.3, -0.25) is 0 Å². The number of benzene rings is 2. The maximum atomic E-state index is 14.3. The van der Waals surface area contributed by atoms with Gasteiger partial charge < -0.3 is 9.64 Å². The molecule has 0 atom stereocenters. The van der Waals surface area contributed by atoms with Crippen LogP contribution >= 0.6 is 23.1 Å². The maximum absolute atomic E-state index is 14.3. The van der Waals surface area contributed by atoms with Gasteiger partial charge in [0, 0.05) is 31.6 Å². The van der Waals surface area contributed by atoms with E-state index in [0.29, 0.717) is 21.2 Å². The Bertz CT molecular complexity index is 1100. The molecule has 3 aromatic rings. The third-order valence-electron chi connectivity index (χ3n) is 4.32. The first-order chi connectivity index (χ1) is 14.2. The van der Waals surface area contributed by atoms with Gasteiger partial charge in [0.15, 0.2) is 21.8 Å². The standard InChI is InChI=1S/C21H19F3N2O2S2/c1-11-15(22)17(24)19-18(16(11)23)25-21(30-19)29-10-12-7-5-6-8-13(12)14(9-26(2)3)20(27)28-4/h5-9H,10H2,1-4H3. The van der Waals surface area contributed by atoms with Gasteiger partial charge in [-0.15, -0.1) is 11.3 Å². The van der Waals surface area contributed by atoms with Crippen LogP contribution in [0.3, 0.4) is 0 Å². The zero-order chi connectivity index (χ0) is 22.0. The molecule has 4 nitrogen and oxygen atoms in total. The predicted octanol–water partition coefficient (Wildman–Crippen LogP) is 5.39. The number of halogens is 3. The van der Waals surface area contributed by atoms with E-state index in [1.807, 2.05) is 18.2 Å². The minimum Gasteiger partial charge on any atom is -0.465 e. The molecule has 0 aliphatic carbocycles. The number of carbonyl (C=O) groups is 1. The molecule has 0 aliphatic heterocycles. The van der Waals surface area contributed by atoms with E-state index in [2.05, 4.69) is 4.98 Å². The van der Waals surface area contributed by atoms with Crippen molar-refractivity contribution in [1.29, 1.82) is 0 Å². The van der Waals surface area contributed by atoms with Crippen molar-refractivity contribution in [2.45, 2.75) is 17.0 Å². The Morgan fingerprint density at radius 2 is 1.90 bits per heavy atom. The number of carbonyl (C=O) groups excluding carboxylic acids is 1. The van der Waals surface area contributed by atoms with Gasteiger partial charge in [-0.2, -0.15) is 0 Å². The summed E-state index contributed by atoms with van der Waals surface area (Å²) in [4.78, 5) is 18.2.